The van der Waals surface area contributed by atoms with Gasteiger partial charge in [-0.1, -0.05) is 0 Å². The molecular weight excluding hydrogens is 387 g/mol. The van der Waals surface area contributed by atoms with Crippen molar-refractivity contribution in [1.82, 2.24) is 10.3 Å². The second kappa shape index (κ2) is 7.81. The number of halogens is 3. The summed E-state index contributed by atoms with van der Waals surface area (Å²) in [6.07, 6.45) is -2.18. The van der Waals surface area contributed by atoms with Crippen molar-refractivity contribution < 1.29 is 27.4 Å². The number of nitrogens with zero attached hydrogens (tertiary/aromatic N) is 2. The highest BCUT2D eigenvalue weighted by Crippen LogP contribution is 2.31. The van der Waals surface area contributed by atoms with Crippen molar-refractivity contribution >= 4 is 11.7 Å². The lowest BCUT2D eigenvalue weighted by Gasteiger charge is -2.33. The fourth-order valence-corrected chi connectivity index (χ4v) is 3.45. The number of alkyl halides is 3. The molecule has 0 aliphatic carbocycles. The van der Waals surface area contributed by atoms with E-state index >= 15 is 0 Å². The molecule has 4 rings (SSSR count). The summed E-state index contributed by atoms with van der Waals surface area (Å²) in [6.45, 7) is 2.15. The van der Waals surface area contributed by atoms with E-state index in [-0.39, 0.29) is 11.9 Å². The lowest BCUT2D eigenvalue weighted by Crippen LogP contribution is -2.45. The monoisotopic (exact) mass is 407 g/mol. The predicted molar refractivity (Wildman–Crippen MR) is 99.4 cm³/mol. The number of rotatable bonds is 3. The van der Waals surface area contributed by atoms with Gasteiger partial charge in [0, 0.05) is 30.9 Å². The zero-order valence-corrected chi connectivity index (χ0v) is 15.5. The van der Waals surface area contributed by atoms with Crippen molar-refractivity contribution in [3.63, 3.8) is 0 Å². The quantitative estimate of drug-likeness (QED) is 0.846. The summed E-state index contributed by atoms with van der Waals surface area (Å²) < 4.78 is 48.9. The Hall–Kier alpha value is -2.97. The number of hydrogen-bond donors (Lipinski definition) is 1. The molecule has 6 nitrogen and oxygen atoms in total. The third-order valence-electron chi connectivity index (χ3n) is 5.03. The number of carbonyl (C=O) groups is 1. The van der Waals surface area contributed by atoms with Crippen LogP contribution in [0.3, 0.4) is 0 Å². The third-order valence-corrected chi connectivity index (χ3v) is 5.03. The van der Waals surface area contributed by atoms with Gasteiger partial charge in [0.05, 0.1) is 5.56 Å². The van der Waals surface area contributed by atoms with E-state index in [1.807, 2.05) is 4.90 Å². The van der Waals surface area contributed by atoms with Crippen LogP contribution in [0.2, 0.25) is 0 Å². The first-order valence-corrected chi connectivity index (χ1v) is 9.39. The predicted octanol–water partition coefficient (Wildman–Crippen LogP) is 3.27. The van der Waals surface area contributed by atoms with Crippen LogP contribution in [0.5, 0.6) is 11.5 Å². The summed E-state index contributed by atoms with van der Waals surface area (Å²) in [5.74, 6) is 1.51. The minimum absolute atomic E-state index is 0.0126. The van der Waals surface area contributed by atoms with E-state index in [1.54, 1.807) is 18.2 Å². The molecule has 1 saturated heterocycles. The Labute approximate surface area is 165 Å². The number of nitrogens with one attached hydrogen (secondary N) is 1. The van der Waals surface area contributed by atoms with Crippen LogP contribution in [0.4, 0.5) is 19.0 Å². The number of pyridine rings is 1. The Balaban J connectivity index is 1.32. The number of benzene rings is 1. The first kappa shape index (κ1) is 19.4. The second-order valence-electron chi connectivity index (χ2n) is 7.00. The van der Waals surface area contributed by atoms with Crippen molar-refractivity contribution in [3.05, 3.63) is 47.7 Å². The number of amides is 1. The van der Waals surface area contributed by atoms with Crippen molar-refractivity contribution in [1.29, 1.82) is 0 Å². The largest absolute Gasteiger partial charge is 0.486 e. The van der Waals surface area contributed by atoms with Crippen molar-refractivity contribution in [2.24, 2.45) is 0 Å². The van der Waals surface area contributed by atoms with Gasteiger partial charge in [0.1, 0.15) is 19.0 Å². The number of anilines is 1. The fraction of sp³-hybridized carbons (Fsp3) is 0.400. The van der Waals surface area contributed by atoms with Crippen LogP contribution in [0.25, 0.3) is 0 Å². The van der Waals surface area contributed by atoms with Crippen LogP contribution < -0.4 is 19.7 Å². The number of fused-ring (bicyclic) bond motifs is 1. The molecular formula is C20H20F3N3O3. The van der Waals surface area contributed by atoms with E-state index in [0.29, 0.717) is 62.0 Å². The molecule has 3 heterocycles. The van der Waals surface area contributed by atoms with Gasteiger partial charge in [0.2, 0.25) is 0 Å². The van der Waals surface area contributed by atoms with Crippen molar-refractivity contribution in [2.75, 3.05) is 31.2 Å². The Morgan fingerprint density at radius 3 is 2.45 bits per heavy atom. The third kappa shape index (κ3) is 4.38. The molecule has 1 aromatic carbocycles. The van der Waals surface area contributed by atoms with Gasteiger partial charge in [0.15, 0.2) is 11.5 Å². The molecule has 0 spiro atoms. The number of aromatic nitrogens is 1. The van der Waals surface area contributed by atoms with E-state index in [0.717, 1.165) is 12.3 Å². The van der Waals surface area contributed by atoms with Gasteiger partial charge >= 0.3 is 6.18 Å². The fourth-order valence-electron chi connectivity index (χ4n) is 3.45. The minimum atomic E-state index is -4.39. The highest BCUT2D eigenvalue weighted by molar-refractivity contribution is 5.95. The smallest absolute Gasteiger partial charge is 0.417 e. The molecule has 154 valence electrons. The molecule has 0 bridgehead atoms. The van der Waals surface area contributed by atoms with E-state index in [2.05, 4.69) is 10.3 Å². The number of hydrogen-bond acceptors (Lipinski definition) is 5. The van der Waals surface area contributed by atoms with Gasteiger partial charge in [-0.25, -0.2) is 4.98 Å². The summed E-state index contributed by atoms with van der Waals surface area (Å²) in [5.41, 5.74) is -0.260. The van der Waals surface area contributed by atoms with Gasteiger partial charge in [0.25, 0.3) is 5.91 Å². The van der Waals surface area contributed by atoms with Gasteiger partial charge in [-0.3, -0.25) is 4.79 Å². The van der Waals surface area contributed by atoms with Crippen molar-refractivity contribution in [2.45, 2.75) is 25.1 Å². The average molecular weight is 407 g/mol. The molecule has 0 atom stereocenters. The maximum absolute atomic E-state index is 12.7. The lowest BCUT2D eigenvalue weighted by molar-refractivity contribution is -0.137. The number of ether oxygens (including phenoxy) is 2. The van der Waals surface area contributed by atoms with Gasteiger partial charge < -0.3 is 19.7 Å². The summed E-state index contributed by atoms with van der Waals surface area (Å²) in [4.78, 5) is 18.4. The number of carbonyl (C=O) groups excluding carboxylic acids is 1. The summed E-state index contributed by atoms with van der Waals surface area (Å²) in [6, 6.07) is 7.51. The normalized spacial score (nSPS) is 17.1. The molecule has 0 radical (unpaired) electrons. The molecule has 2 aliphatic heterocycles. The van der Waals surface area contributed by atoms with Gasteiger partial charge in [-0.05, 0) is 43.2 Å². The number of piperidine rings is 1. The second-order valence-corrected chi connectivity index (χ2v) is 7.00. The SMILES string of the molecule is O=C(NC1CCN(c2ccc(C(F)(F)F)cn2)CC1)c1ccc2c(c1)OCCO2. The van der Waals surface area contributed by atoms with Crippen LogP contribution in [0.1, 0.15) is 28.8 Å². The first-order chi connectivity index (χ1) is 13.9. The Morgan fingerprint density at radius 2 is 1.79 bits per heavy atom. The van der Waals surface area contributed by atoms with Crippen LogP contribution in [-0.2, 0) is 6.18 Å². The van der Waals surface area contributed by atoms with Crippen LogP contribution in [-0.4, -0.2) is 43.2 Å². The summed E-state index contributed by atoms with van der Waals surface area (Å²) >= 11 is 0. The standard InChI is InChI=1S/C20H20F3N3O3/c21-20(22,23)14-2-4-18(24-12-14)26-7-5-15(6-8-26)25-19(27)13-1-3-16-17(11-13)29-10-9-28-16/h1-4,11-12,15H,5-10H2,(H,25,27). The highest BCUT2D eigenvalue weighted by Gasteiger charge is 2.31. The molecule has 9 heteroatoms. The maximum Gasteiger partial charge on any atom is 0.417 e. The highest BCUT2D eigenvalue weighted by atomic mass is 19.4. The summed E-state index contributed by atoms with van der Waals surface area (Å²) in [5, 5.41) is 3.01. The Bertz CT molecular complexity index is 879. The van der Waals surface area contributed by atoms with Crippen LogP contribution >= 0.6 is 0 Å². The molecule has 1 N–H and O–H groups in total. The van der Waals surface area contributed by atoms with E-state index in [4.69, 9.17) is 9.47 Å². The minimum Gasteiger partial charge on any atom is -0.486 e. The Morgan fingerprint density at radius 1 is 1.07 bits per heavy atom. The van der Waals surface area contributed by atoms with Gasteiger partial charge in [-0.15, -0.1) is 0 Å². The van der Waals surface area contributed by atoms with Gasteiger partial charge in [-0.2, -0.15) is 13.2 Å². The van der Waals surface area contributed by atoms with E-state index in [1.165, 1.54) is 6.07 Å². The molecule has 2 aromatic rings. The topological polar surface area (TPSA) is 63.7 Å². The summed E-state index contributed by atoms with van der Waals surface area (Å²) in [7, 11) is 0. The molecule has 0 saturated carbocycles. The first-order valence-electron chi connectivity index (χ1n) is 9.39. The molecule has 2 aliphatic rings. The van der Waals surface area contributed by atoms with Crippen molar-refractivity contribution in [3.8, 4) is 11.5 Å². The molecule has 29 heavy (non-hydrogen) atoms. The molecule has 1 amide bonds. The lowest BCUT2D eigenvalue weighted by atomic mass is 10.0. The van der Waals surface area contributed by atoms with Crippen LogP contribution in [0.15, 0.2) is 36.5 Å². The van der Waals surface area contributed by atoms with E-state index < -0.39 is 11.7 Å². The zero-order valence-electron chi connectivity index (χ0n) is 15.5. The zero-order chi connectivity index (χ0) is 20.4. The maximum atomic E-state index is 12.7. The average Bonchev–Trinajstić information content (AvgIpc) is 2.73. The molecule has 1 aromatic heterocycles. The Kier molecular flexibility index (Phi) is 5.21. The van der Waals surface area contributed by atoms with E-state index in [9.17, 15) is 18.0 Å². The molecule has 0 unspecified atom stereocenters. The molecule has 1 fully saturated rings. The van der Waals surface area contributed by atoms with Crippen LogP contribution in [0, 0.1) is 0 Å².